The van der Waals surface area contributed by atoms with Crippen molar-refractivity contribution in [3.63, 3.8) is 0 Å². The first-order chi connectivity index (χ1) is 8.58. The number of likely N-dealkylation sites (tertiary alicyclic amines) is 1. The molecule has 0 radical (unpaired) electrons. The van der Waals surface area contributed by atoms with Crippen molar-refractivity contribution >= 4 is 11.8 Å². The zero-order valence-electron chi connectivity index (χ0n) is 10.9. The molecule has 0 spiro atoms. The maximum atomic E-state index is 11.8. The van der Waals surface area contributed by atoms with E-state index in [4.69, 9.17) is 0 Å². The van der Waals surface area contributed by atoms with Gasteiger partial charge in [-0.2, -0.15) is 0 Å². The van der Waals surface area contributed by atoms with Crippen LogP contribution >= 0.6 is 0 Å². The Morgan fingerprint density at radius 3 is 2.50 bits per heavy atom. The number of aliphatic hydroxyl groups excluding tert-OH is 1. The molecule has 5 heteroatoms. The molecule has 0 aromatic carbocycles. The highest BCUT2D eigenvalue weighted by molar-refractivity contribution is 5.82. The van der Waals surface area contributed by atoms with Gasteiger partial charge in [-0.05, 0) is 25.2 Å². The molecule has 2 N–H and O–H groups in total. The summed E-state index contributed by atoms with van der Waals surface area (Å²) in [7, 11) is 0. The van der Waals surface area contributed by atoms with Crippen LogP contribution in [0.25, 0.3) is 0 Å². The van der Waals surface area contributed by atoms with Crippen molar-refractivity contribution < 1.29 is 14.7 Å². The molecule has 1 aliphatic heterocycles. The van der Waals surface area contributed by atoms with E-state index in [0.29, 0.717) is 44.8 Å². The monoisotopic (exact) mass is 254 g/mol. The summed E-state index contributed by atoms with van der Waals surface area (Å²) in [6.45, 7) is 3.76. The first kappa shape index (κ1) is 13.3. The number of amides is 2. The van der Waals surface area contributed by atoms with E-state index in [2.05, 4.69) is 12.2 Å². The number of aliphatic hydroxyl groups is 1. The summed E-state index contributed by atoms with van der Waals surface area (Å²) in [4.78, 5) is 25.2. The van der Waals surface area contributed by atoms with E-state index in [0.717, 1.165) is 6.42 Å². The van der Waals surface area contributed by atoms with E-state index in [9.17, 15) is 14.7 Å². The van der Waals surface area contributed by atoms with Crippen molar-refractivity contribution in [2.75, 3.05) is 19.6 Å². The van der Waals surface area contributed by atoms with Crippen LogP contribution in [-0.2, 0) is 9.59 Å². The van der Waals surface area contributed by atoms with Gasteiger partial charge in [-0.3, -0.25) is 9.59 Å². The van der Waals surface area contributed by atoms with Gasteiger partial charge in [0.15, 0.2) is 0 Å². The van der Waals surface area contributed by atoms with Crippen molar-refractivity contribution in [1.29, 1.82) is 0 Å². The van der Waals surface area contributed by atoms with E-state index >= 15 is 0 Å². The number of nitrogens with zero attached hydrogens (tertiary/aromatic N) is 1. The fourth-order valence-electron chi connectivity index (χ4n) is 2.38. The Kier molecular flexibility index (Phi) is 4.22. The SMILES string of the molecule is CC1CC1C(=O)NCCC(=O)N1CCC(O)CC1. The molecular formula is C13H22N2O3. The molecular weight excluding hydrogens is 232 g/mol. The van der Waals surface area contributed by atoms with Crippen LogP contribution in [0.5, 0.6) is 0 Å². The van der Waals surface area contributed by atoms with E-state index in [1.807, 2.05) is 0 Å². The average Bonchev–Trinajstić information content (AvgIpc) is 3.07. The van der Waals surface area contributed by atoms with E-state index in [-0.39, 0.29) is 23.8 Å². The predicted molar refractivity (Wildman–Crippen MR) is 66.7 cm³/mol. The summed E-state index contributed by atoms with van der Waals surface area (Å²) in [6.07, 6.45) is 2.41. The third-order valence-corrected chi connectivity index (χ3v) is 3.90. The van der Waals surface area contributed by atoms with Gasteiger partial charge in [-0.25, -0.2) is 0 Å². The lowest BCUT2D eigenvalue weighted by Crippen LogP contribution is -2.41. The minimum absolute atomic E-state index is 0.0750. The molecule has 1 saturated carbocycles. The standard InChI is InChI=1S/C13H22N2O3/c1-9-8-11(9)13(18)14-5-2-12(17)15-6-3-10(16)4-7-15/h9-11,16H,2-8H2,1H3,(H,14,18). The Hall–Kier alpha value is -1.10. The van der Waals surface area contributed by atoms with E-state index < -0.39 is 0 Å². The third kappa shape index (κ3) is 3.45. The summed E-state index contributed by atoms with van der Waals surface area (Å²) < 4.78 is 0. The number of hydrogen-bond acceptors (Lipinski definition) is 3. The number of carbonyl (C=O) groups excluding carboxylic acids is 2. The molecule has 2 rings (SSSR count). The maximum Gasteiger partial charge on any atom is 0.224 e. The molecule has 2 amide bonds. The summed E-state index contributed by atoms with van der Waals surface area (Å²) >= 11 is 0. The highest BCUT2D eigenvalue weighted by Gasteiger charge is 2.38. The van der Waals surface area contributed by atoms with Gasteiger partial charge in [0, 0.05) is 32.0 Å². The van der Waals surface area contributed by atoms with Crippen LogP contribution in [0.4, 0.5) is 0 Å². The predicted octanol–water partition coefficient (Wildman–Crippen LogP) is 0.132. The van der Waals surface area contributed by atoms with E-state index in [1.54, 1.807) is 4.90 Å². The lowest BCUT2D eigenvalue weighted by atomic mass is 10.1. The molecule has 5 nitrogen and oxygen atoms in total. The van der Waals surface area contributed by atoms with Gasteiger partial charge < -0.3 is 15.3 Å². The summed E-state index contributed by atoms with van der Waals surface area (Å²) in [6, 6.07) is 0. The largest absolute Gasteiger partial charge is 0.393 e. The minimum Gasteiger partial charge on any atom is -0.393 e. The first-order valence-electron chi connectivity index (χ1n) is 6.81. The van der Waals surface area contributed by atoms with Crippen LogP contribution in [0.3, 0.4) is 0 Å². The van der Waals surface area contributed by atoms with Gasteiger partial charge in [0.05, 0.1) is 6.10 Å². The van der Waals surface area contributed by atoms with E-state index in [1.165, 1.54) is 0 Å². The number of piperidine rings is 1. The highest BCUT2D eigenvalue weighted by Crippen LogP contribution is 2.37. The Morgan fingerprint density at radius 1 is 1.33 bits per heavy atom. The van der Waals surface area contributed by atoms with Gasteiger partial charge in [-0.15, -0.1) is 0 Å². The molecule has 2 aliphatic rings. The van der Waals surface area contributed by atoms with Crippen molar-refractivity contribution in [3.8, 4) is 0 Å². The second-order valence-electron chi connectivity index (χ2n) is 5.47. The molecule has 0 bridgehead atoms. The average molecular weight is 254 g/mol. The number of carbonyl (C=O) groups is 2. The van der Waals surface area contributed by atoms with Crippen LogP contribution in [0.1, 0.15) is 32.6 Å². The fraction of sp³-hybridized carbons (Fsp3) is 0.846. The Morgan fingerprint density at radius 2 is 1.94 bits per heavy atom. The lowest BCUT2D eigenvalue weighted by Gasteiger charge is -2.29. The van der Waals surface area contributed by atoms with Crippen LogP contribution in [0.15, 0.2) is 0 Å². The second kappa shape index (κ2) is 5.69. The molecule has 2 atom stereocenters. The Bertz CT molecular complexity index is 324. The number of hydrogen-bond donors (Lipinski definition) is 2. The number of rotatable bonds is 4. The molecule has 2 unspecified atom stereocenters. The van der Waals surface area contributed by atoms with Crippen LogP contribution in [0, 0.1) is 11.8 Å². The molecule has 1 aliphatic carbocycles. The quantitative estimate of drug-likeness (QED) is 0.749. The first-order valence-corrected chi connectivity index (χ1v) is 6.81. The minimum atomic E-state index is -0.259. The zero-order valence-corrected chi connectivity index (χ0v) is 10.9. The van der Waals surface area contributed by atoms with Gasteiger partial charge in [0.2, 0.25) is 11.8 Å². The zero-order chi connectivity index (χ0) is 13.1. The Balaban J connectivity index is 1.61. The van der Waals surface area contributed by atoms with Crippen LogP contribution in [0.2, 0.25) is 0 Å². The van der Waals surface area contributed by atoms with Crippen molar-refractivity contribution in [1.82, 2.24) is 10.2 Å². The molecule has 0 aromatic rings. The lowest BCUT2D eigenvalue weighted by molar-refractivity contribution is -0.133. The van der Waals surface area contributed by atoms with Crippen molar-refractivity contribution in [2.24, 2.45) is 11.8 Å². The molecule has 18 heavy (non-hydrogen) atoms. The van der Waals surface area contributed by atoms with Crippen LogP contribution < -0.4 is 5.32 Å². The summed E-state index contributed by atoms with van der Waals surface area (Å²) in [5.74, 6) is 0.838. The molecule has 1 heterocycles. The van der Waals surface area contributed by atoms with Gasteiger partial charge in [0.25, 0.3) is 0 Å². The fourth-order valence-corrected chi connectivity index (χ4v) is 2.38. The molecule has 1 saturated heterocycles. The van der Waals surface area contributed by atoms with Crippen molar-refractivity contribution in [2.45, 2.75) is 38.7 Å². The maximum absolute atomic E-state index is 11.8. The molecule has 0 aromatic heterocycles. The third-order valence-electron chi connectivity index (χ3n) is 3.90. The van der Waals surface area contributed by atoms with Gasteiger partial charge in [-0.1, -0.05) is 6.92 Å². The van der Waals surface area contributed by atoms with Crippen molar-refractivity contribution in [3.05, 3.63) is 0 Å². The summed E-state index contributed by atoms with van der Waals surface area (Å²) in [5, 5.41) is 12.2. The molecule has 2 fully saturated rings. The smallest absolute Gasteiger partial charge is 0.224 e. The van der Waals surface area contributed by atoms with Gasteiger partial charge >= 0.3 is 0 Å². The Labute approximate surface area is 108 Å². The second-order valence-corrected chi connectivity index (χ2v) is 5.47. The van der Waals surface area contributed by atoms with Crippen LogP contribution in [-0.4, -0.2) is 47.6 Å². The normalized spacial score (nSPS) is 28.0. The topological polar surface area (TPSA) is 69.6 Å². The number of nitrogens with one attached hydrogen (secondary N) is 1. The molecule has 102 valence electrons. The highest BCUT2D eigenvalue weighted by atomic mass is 16.3. The summed E-state index contributed by atoms with van der Waals surface area (Å²) in [5.41, 5.74) is 0. The van der Waals surface area contributed by atoms with Gasteiger partial charge in [0.1, 0.15) is 0 Å².